The molecule has 0 saturated heterocycles. The van der Waals surface area contributed by atoms with Crippen LogP contribution >= 0.6 is 0 Å². The molecule has 3 aromatic rings. The first-order chi connectivity index (χ1) is 18.3. The van der Waals surface area contributed by atoms with Gasteiger partial charge in [-0.3, -0.25) is 9.78 Å². The van der Waals surface area contributed by atoms with Gasteiger partial charge < -0.3 is 10.0 Å². The van der Waals surface area contributed by atoms with Crippen LogP contribution in [0.3, 0.4) is 0 Å². The van der Waals surface area contributed by atoms with E-state index in [-0.39, 0.29) is 19.0 Å². The summed E-state index contributed by atoms with van der Waals surface area (Å²) in [5.41, 5.74) is 4.03. The van der Waals surface area contributed by atoms with Gasteiger partial charge in [-0.1, -0.05) is 50.8 Å². The van der Waals surface area contributed by atoms with Crippen LogP contribution in [-0.2, 0) is 24.1 Å². The Morgan fingerprint density at radius 3 is 2.08 bits per heavy atom. The zero-order valence-corrected chi connectivity index (χ0v) is 24.1. The van der Waals surface area contributed by atoms with Crippen molar-refractivity contribution in [2.75, 3.05) is 0 Å². The Morgan fingerprint density at radius 1 is 1.03 bits per heavy atom. The van der Waals surface area contributed by atoms with Crippen molar-refractivity contribution in [3.63, 3.8) is 0 Å². The van der Waals surface area contributed by atoms with Crippen LogP contribution in [0.4, 0.5) is 13.2 Å². The first kappa shape index (κ1) is 35.1. The van der Waals surface area contributed by atoms with E-state index in [1.165, 1.54) is 11.0 Å². The number of aryl methyl sites for hydroxylation is 2. The van der Waals surface area contributed by atoms with E-state index in [1.54, 1.807) is 49.7 Å². The maximum Gasteiger partial charge on any atom is 0.416 e. The Hall–Kier alpha value is -3.87. The van der Waals surface area contributed by atoms with Crippen molar-refractivity contribution in [2.45, 2.75) is 67.7 Å². The highest BCUT2D eigenvalue weighted by Crippen LogP contribution is 2.30. The van der Waals surface area contributed by atoms with Gasteiger partial charge in [-0.2, -0.15) is 13.2 Å². The zero-order chi connectivity index (χ0) is 30.2. The second kappa shape index (κ2) is 17.6. The third-order valence-electron chi connectivity index (χ3n) is 5.16. The van der Waals surface area contributed by atoms with Crippen molar-refractivity contribution >= 4 is 5.91 Å². The molecule has 0 saturated carbocycles. The van der Waals surface area contributed by atoms with Crippen LogP contribution in [0.1, 0.15) is 61.1 Å². The van der Waals surface area contributed by atoms with Crippen molar-refractivity contribution in [2.24, 2.45) is 0 Å². The van der Waals surface area contributed by atoms with Crippen molar-refractivity contribution < 1.29 is 23.1 Å². The largest absolute Gasteiger partial charge is 0.508 e. The number of carbonyl (C=O) groups is 1. The number of carbonyl (C=O) groups excluding carboxylic acids is 1. The van der Waals surface area contributed by atoms with Gasteiger partial charge in [-0.05, 0) is 86.7 Å². The lowest BCUT2D eigenvalue weighted by atomic mass is 10.1. The molecular weight excluding hydrogens is 501 g/mol. The van der Waals surface area contributed by atoms with Crippen LogP contribution < -0.4 is 0 Å². The van der Waals surface area contributed by atoms with Gasteiger partial charge >= 0.3 is 6.18 Å². The highest BCUT2D eigenvalue weighted by molar-refractivity contribution is 5.92. The number of aromatic nitrogens is 1. The number of phenolic OH excluding ortho intramolecular Hbond substituents is 1. The molecule has 0 bridgehead atoms. The van der Waals surface area contributed by atoms with Gasteiger partial charge in [0.2, 0.25) is 5.91 Å². The van der Waals surface area contributed by atoms with Crippen LogP contribution in [-0.4, -0.2) is 20.9 Å². The van der Waals surface area contributed by atoms with E-state index in [2.05, 4.69) is 24.2 Å². The summed E-state index contributed by atoms with van der Waals surface area (Å²) in [5.74, 6) is 0.0914. The smallest absolute Gasteiger partial charge is 0.416 e. The quantitative estimate of drug-likeness (QED) is 0.259. The Kier molecular flexibility index (Phi) is 15.9. The molecule has 212 valence electrons. The molecule has 39 heavy (non-hydrogen) atoms. The van der Waals surface area contributed by atoms with Crippen LogP contribution in [0.2, 0.25) is 0 Å². The van der Waals surface area contributed by atoms with Crippen LogP contribution in [0, 0.1) is 20.8 Å². The van der Waals surface area contributed by atoms with Gasteiger partial charge in [-0.25, -0.2) is 0 Å². The highest BCUT2D eigenvalue weighted by atomic mass is 19.4. The van der Waals surface area contributed by atoms with Crippen molar-refractivity contribution in [1.82, 2.24) is 9.88 Å². The van der Waals surface area contributed by atoms with Gasteiger partial charge in [0.05, 0.1) is 5.56 Å². The van der Waals surface area contributed by atoms with E-state index < -0.39 is 11.7 Å². The minimum atomic E-state index is -4.41. The maximum atomic E-state index is 12.8. The standard InChI is InChI=1S/C18H17F3N2O.C9H12O.C3H6.C2H6/c1-13(2)17(24)23(12-15-6-4-8-22-10-15)11-14-5-3-7-16(9-14)18(19,20)21;1-6-4-7(2)8(3)9(10)5-6;1-3-2;1-2/h3-10H,1,11-12H2,2H3;4-5,10H,1-3H3;3H,1H2,2H3;1-2H3. The molecule has 3 rings (SSSR count). The average Bonchev–Trinajstić information content (AvgIpc) is 2.88. The summed E-state index contributed by atoms with van der Waals surface area (Å²) in [6, 6.07) is 12.4. The van der Waals surface area contributed by atoms with E-state index in [0.29, 0.717) is 16.9 Å². The normalized spacial score (nSPS) is 9.90. The summed E-state index contributed by atoms with van der Waals surface area (Å²) in [5, 5.41) is 9.28. The molecule has 2 aromatic carbocycles. The number of halogens is 3. The molecule has 1 aromatic heterocycles. The molecule has 0 atom stereocenters. The summed E-state index contributed by atoms with van der Waals surface area (Å²) >= 11 is 0. The minimum absolute atomic E-state index is 0.0600. The molecule has 0 fully saturated rings. The number of pyridine rings is 1. The molecule has 0 unspecified atom stereocenters. The fraction of sp³-hybridized carbons (Fsp3) is 0.312. The first-order valence-electron chi connectivity index (χ1n) is 12.6. The molecule has 0 spiro atoms. The molecule has 0 aliphatic rings. The fourth-order valence-corrected chi connectivity index (χ4v) is 3.27. The van der Waals surface area contributed by atoms with E-state index in [1.807, 2.05) is 41.5 Å². The molecule has 0 aliphatic heterocycles. The van der Waals surface area contributed by atoms with Crippen LogP contribution in [0.15, 0.2) is 85.7 Å². The number of alkyl halides is 3. The summed E-state index contributed by atoms with van der Waals surface area (Å²) in [4.78, 5) is 17.8. The van der Waals surface area contributed by atoms with E-state index in [9.17, 15) is 23.1 Å². The van der Waals surface area contributed by atoms with Crippen LogP contribution in [0.25, 0.3) is 0 Å². The minimum Gasteiger partial charge on any atom is -0.508 e. The molecule has 0 radical (unpaired) electrons. The number of phenols is 1. The fourth-order valence-electron chi connectivity index (χ4n) is 3.27. The lowest BCUT2D eigenvalue weighted by molar-refractivity contribution is -0.137. The summed E-state index contributed by atoms with van der Waals surface area (Å²) in [6.45, 7) is 20.7. The second-order valence-electron chi connectivity index (χ2n) is 8.64. The number of rotatable bonds is 5. The zero-order valence-electron chi connectivity index (χ0n) is 24.1. The lowest BCUT2D eigenvalue weighted by Gasteiger charge is -2.23. The molecule has 1 amide bonds. The number of aromatic hydroxyl groups is 1. The summed E-state index contributed by atoms with van der Waals surface area (Å²) in [6.07, 6.45) is 0.564. The Bertz CT molecular complexity index is 1170. The van der Waals surface area contributed by atoms with Crippen molar-refractivity contribution in [1.29, 1.82) is 0 Å². The van der Waals surface area contributed by atoms with Gasteiger partial charge in [-0.15, -0.1) is 6.58 Å². The monoisotopic (exact) mass is 542 g/mol. The Labute approximate surface area is 231 Å². The summed E-state index contributed by atoms with van der Waals surface area (Å²) < 4.78 is 38.5. The number of hydrogen-bond donors (Lipinski definition) is 1. The van der Waals surface area contributed by atoms with E-state index in [4.69, 9.17) is 0 Å². The molecule has 1 heterocycles. The number of nitrogens with zero attached hydrogens (tertiary/aromatic N) is 2. The Balaban J connectivity index is 0.000000796. The Morgan fingerprint density at radius 2 is 1.59 bits per heavy atom. The van der Waals surface area contributed by atoms with Gasteiger partial charge in [0, 0.05) is 31.1 Å². The molecule has 1 N–H and O–H groups in total. The third-order valence-corrected chi connectivity index (χ3v) is 5.16. The molecule has 0 aliphatic carbocycles. The van der Waals surface area contributed by atoms with Gasteiger partial charge in [0.1, 0.15) is 5.75 Å². The molecule has 7 heteroatoms. The average molecular weight is 543 g/mol. The third kappa shape index (κ3) is 13.0. The SMILES string of the molecule is C=C(C)C(=O)N(Cc1cccnc1)Cc1cccc(C(F)(F)F)c1.C=CC.CC.Cc1cc(C)c(C)c(O)c1. The maximum absolute atomic E-state index is 12.8. The van der Waals surface area contributed by atoms with Gasteiger partial charge in [0.25, 0.3) is 0 Å². The van der Waals surface area contributed by atoms with E-state index >= 15 is 0 Å². The number of benzene rings is 2. The predicted molar refractivity (Wildman–Crippen MR) is 154 cm³/mol. The van der Waals surface area contributed by atoms with E-state index in [0.717, 1.165) is 34.4 Å². The molecular formula is C32H41F3N2O2. The molecule has 4 nitrogen and oxygen atoms in total. The second-order valence-corrected chi connectivity index (χ2v) is 8.64. The van der Waals surface area contributed by atoms with Gasteiger partial charge in [0.15, 0.2) is 0 Å². The van der Waals surface area contributed by atoms with Crippen molar-refractivity contribution in [3.05, 3.63) is 119 Å². The van der Waals surface area contributed by atoms with Crippen LogP contribution in [0.5, 0.6) is 5.75 Å². The number of hydrogen-bond acceptors (Lipinski definition) is 3. The topological polar surface area (TPSA) is 53.4 Å². The summed E-state index contributed by atoms with van der Waals surface area (Å²) in [7, 11) is 0. The number of allylic oxidation sites excluding steroid dienone is 1. The predicted octanol–water partition coefficient (Wildman–Crippen LogP) is 8.74. The first-order valence-corrected chi connectivity index (χ1v) is 12.6. The highest BCUT2D eigenvalue weighted by Gasteiger charge is 2.30. The lowest BCUT2D eigenvalue weighted by Crippen LogP contribution is -2.30. The number of amides is 1. The van der Waals surface area contributed by atoms with Crippen molar-refractivity contribution in [3.8, 4) is 5.75 Å².